The van der Waals surface area contributed by atoms with Crippen LogP contribution in [0.2, 0.25) is 0 Å². The van der Waals surface area contributed by atoms with Crippen LogP contribution in [0, 0.1) is 0 Å². The highest BCUT2D eigenvalue weighted by Gasteiger charge is 2.17. The molecule has 0 saturated carbocycles. The van der Waals surface area contributed by atoms with Crippen LogP contribution in [-0.2, 0) is 17.9 Å². The van der Waals surface area contributed by atoms with Gasteiger partial charge in [-0.2, -0.15) is 0 Å². The maximum atomic E-state index is 11.6. The van der Waals surface area contributed by atoms with Crippen LogP contribution in [0.3, 0.4) is 0 Å². The average molecular weight is 423 g/mol. The molecule has 168 valence electrons. The zero-order chi connectivity index (χ0) is 21.9. The van der Waals surface area contributed by atoms with Crippen molar-refractivity contribution < 1.29 is 4.79 Å². The molecule has 0 bridgehead atoms. The molecule has 5 nitrogen and oxygen atoms in total. The summed E-state index contributed by atoms with van der Waals surface area (Å²) in [5.41, 5.74) is 5.08. The molecule has 1 heterocycles. The largest absolute Gasteiger partial charge is 0.368 e. The smallest absolute Gasteiger partial charge is 0.220 e. The predicted molar refractivity (Wildman–Crippen MR) is 131 cm³/mol. The third-order valence-electron chi connectivity index (χ3n) is 5.89. The molecule has 0 unspecified atom stereocenters. The Morgan fingerprint density at radius 1 is 0.774 bits per heavy atom. The van der Waals surface area contributed by atoms with Crippen LogP contribution < -0.4 is 20.4 Å². The molecule has 0 aromatic heterocycles. The second-order valence-corrected chi connectivity index (χ2v) is 8.36. The fourth-order valence-corrected chi connectivity index (χ4v) is 3.92. The Bertz CT molecular complexity index is 780. The van der Waals surface area contributed by atoms with Gasteiger partial charge in [0.1, 0.15) is 0 Å². The van der Waals surface area contributed by atoms with E-state index in [0.29, 0.717) is 13.0 Å². The van der Waals surface area contributed by atoms with Crippen LogP contribution in [0.1, 0.15) is 50.7 Å². The maximum Gasteiger partial charge on any atom is 0.220 e. The van der Waals surface area contributed by atoms with Gasteiger partial charge in [-0.1, -0.05) is 44.5 Å². The quantitative estimate of drug-likeness (QED) is 0.530. The van der Waals surface area contributed by atoms with Crippen molar-refractivity contribution in [1.29, 1.82) is 0 Å². The van der Waals surface area contributed by atoms with Gasteiger partial charge in [0.05, 0.1) is 0 Å². The first kappa shape index (κ1) is 23.1. The normalized spacial score (nSPS) is 14.0. The number of unbranched alkanes of at least 4 members (excludes halogenated alkanes) is 1. The zero-order valence-corrected chi connectivity index (χ0v) is 19.2. The SMILES string of the molecule is CCCCNCc1ccc(N2CCN(c3ccc(CNC(=O)CCC)cc3)CC2)cc1. The van der Waals surface area contributed by atoms with Gasteiger partial charge in [-0.15, -0.1) is 0 Å². The van der Waals surface area contributed by atoms with E-state index in [9.17, 15) is 4.79 Å². The van der Waals surface area contributed by atoms with Gasteiger partial charge in [0, 0.05) is 57.1 Å². The van der Waals surface area contributed by atoms with Crippen LogP contribution in [0.4, 0.5) is 11.4 Å². The van der Waals surface area contributed by atoms with Crippen LogP contribution in [0.5, 0.6) is 0 Å². The average Bonchev–Trinajstić information content (AvgIpc) is 2.82. The molecule has 5 heteroatoms. The second kappa shape index (κ2) is 12.4. The first-order valence-electron chi connectivity index (χ1n) is 11.8. The maximum absolute atomic E-state index is 11.6. The van der Waals surface area contributed by atoms with Crippen molar-refractivity contribution in [2.45, 2.75) is 52.6 Å². The number of carbonyl (C=O) groups is 1. The molecule has 0 spiro atoms. The summed E-state index contributed by atoms with van der Waals surface area (Å²) in [6.07, 6.45) is 3.96. The number of carbonyl (C=O) groups excluding carboxylic acids is 1. The summed E-state index contributed by atoms with van der Waals surface area (Å²) < 4.78 is 0. The minimum Gasteiger partial charge on any atom is -0.368 e. The number of hydrogen-bond donors (Lipinski definition) is 2. The molecule has 2 aromatic rings. The summed E-state index contributed by atoms with van der Waals surface area (Å²) in [5.74, 6) is 0.128. The lowest BCUT2D eigenvalue weighted by Crippen LogP contribution is -2.46. The van der Waals surface area contributed by atoms with Crippen molar-refractivity contribution in [3.63, 3.8) is 0 Å². The number of amides is 1. The number of piperazine rings is 1. The van der Waals surface area contributed by atoms with E-state index >= 15 is 0 Å². The predicted octanol–water partition coefficient (Wildman–Crippen LogP) is 4.32. The van der Waals surface area contributed by atoms with Crippen LogP contribution >= 0.6 is 0 Å². The molecule has 2 N–H and O–H groups in total. The number of rotatable bonds is 11. The number of nitrogens with zero attached hydrogens (tertiary/aromatic N) is 2. The van der Waals surface area contributed by atoms with Gasteiger partial charge in [0.15, 0.2) is 0 Å². The highest BCUT2D eigenvalue weighted by Crippen LogP contribution is 2.21. The molecular formula is C26H38N4O. The summed E-state index contributed by atoms with van der Waals surface area (Å²) in [5, 5.41) is 6.49. The molecule has 1 aliphatic heterocycles. The molecule has 0 aliphatic carbocycles. The van der Waals surface area contributed by atoms with E-state index in [1.165, 1.54) is 29.8 Å². The van der Waals surface area contributed by atoms with Crippen LogP contribution in [0.25, 0.3) is 0 Å². The molecule has 2 aromatic carbocycles. The highest BCUT2D eigenvalue weighted by atomic mass is 16.1. The molecule has 1 amide bonds. The second-order valence-electron chi connectivity index (χ2n) is 8.36. The fourth-order valence-electron chi connectivity index (χ4n) is 3.92. The van der Waals surface area contributed by atoms with E-state index in [1.807, 2.05) is 6.92 Å². The zero-order valence-electron chi connectivity index (χ0n) is 19.2. The van der Waals surface area contributed by atoms with Gasteiger partial charge in [-0.3, -0.25) is 4.79 Å². The number of nitrogens with one attached hydrogen (secondary N) is 2. The Morgan fingerprint density at radius 3 is 1.77 bits per heavy atom. The third kappa shape index (κ3) is 7.28. The fraction of sp³-hybridized carbons (Fsp3) is 0.500. The molecule has 1 aliphatic rings. The Kier molecular flexibility index (Phi) is 9.22. The van der Waals surface area contributed by atoms with Gasteiger partial charge < -0.3 is 20.4 Å². The molecule has 0 radical (unpaired) electrons. The Hall–Kier alpha value is -2.53. The first-order chi connectivity index (χ1) is 15.2. The van der Waals surface area contributed by atoms with Crippen molar-refractivity contribution in [2.75, 3.05) is 42.5 Å². The van der Waals surface area contributed by atoms with E-state index < -0.39 is 0 Å². The van der Waals surface area contributed by atoms with Crippen molar-refractivity contribution in [2.24, 2.45) is 0 Å². The minimum atomic E-state index is 0.128. The number of benzene rings is 2. The van der Waals surface area contributed by atoms with E-state index in [4.69, 9.17) is 0 Å². The van der Waals surface area contributed by atoms with Crippen molar-refractivity contribution in [1.82, 2.24) is 10.6 Å². The summed E-state index contributed by atoms with van der Waals surface area (Å²) in [6, 6.07) is 17.6. The van der Waals surface area contributed by atoms with E-state index in [1.54, 1.807) is 0 Å². The van der Waals surface area contributed by atoms with Crippen molar-refractivity contribution >= 4 is 17.3 Å². The Labute approximate surface area is 187 Å². The van der Waals surface area contributed by atoms with Gasteiger partial charge in [-0.25, -0.2) is 0 Å². The molecule has 0 atom stereocenters. The minimum absolute atomic E-state index is 0.128. The summed E-state index contributed by atoms with van der Waals surface area (Å²) in [6.45, 7) is 11.0. The van der Waals surface area contributed by atoms with Crippen LogP contribution in [-0.4, -0.2) is 38.6 Å². The standard InChI is InChI=1S/C26H38N4O/c1-3-5-15-27-20-22-7-11-24(12-8-22)29-16-18-30(19-17-29)25-13-9-23(10-14-25)21-28-26(31)6-4-2/h7-14,27H,3-6,15-21H2,1-2H3,(H,28,31). The van der Waals surface area contributed by atoms with Crippen LogP contribution in [0.15, 0.2) is 48.5 Å². The molecule has 1 saturated heterocycles. The van der Waals surface area contributed by atoms with Crippen molar-refractivity contribution in [3.05, 3.63) is 59.7 Å². The van der Waals surface area contributed by atoms with E-state index in [0.717, 1.165) is 51.3 Å². The summed E-state index contributed by atoms with van der Waals surface area (Å²) >= 11 is 0. The van der Waals surface area contributed by atoms with E-state index in [2.05, 4.69) is 75.9 Å². The molecular weight excluding hydrogens is 384 g/mol. The molecule has 31 heavy (non-hydrogen) atoms. The summed E-state index contributed by atoms with van der Waals surface area (Å²) in [7, 11) is 0. The Morgan fingerprint density at radius 2 is 1.29 bits per heavy atom. The summed E-state index contributed by atoms with van der Waals surface area (Å²) in [4.78, 5) is 16.6. The van der Waals surface area contributed by atoms with Gasteiger partial charge in [0.2, 0.25) is 5.91 Å². The number of hydrogen-bond acceptors (Lipinski definition) is 4. The van der Waals surface area contributed by atoms with Crippen molar-refractivity contribution in [3.8, 4) is 0 Å². The number of anilines is 2. The first-order valence-corrected chi connectivity index (χ1v) is 11.8. The Balaban J connectivity index is 1.44. The van der Waals surface area contributed by atoms with Gasteiger partial charge >= 0.3 is 0 Å². The van der Waals surface area contributed by atoms with Gasteiger partial charge in [0.25, 0.3) is 0 Å². The molecule has 3 rings (SSSR count). The monoisotopic (exact) mass is 422 g/mol. The van der Waals surface area contributed by atoms with E-state index in [-0.39, 0.29) is 5.91 Å². The van der Waals surface area contributed by atoms with Gasteiger partial charge in [-0.05, 0) is 54.8 Å². The highest BCUT2D eigenvalue weighted by molar-refractivity contribution is 5.75. The lowest BCUT2D eigenvalue weighted by atomic mass is 10.1. The molecule has 1 fully saturated rings. The lowest BCUT2D eigenvalue weighted by Gasteiger charge is -2.37. The topological polar surface area (TPSA) is 47.6 Å². The lowest BCUT2D eigenvalue weighted by molar-refractivity contribution is -0.121. The third-order valence-corrected chi connectivity index (χ3v) is 5.89.